The van der Waals surface area contributed by atoms with E-state index < -0.39 is 0 Å². The molecule has 1 amide bonds. The van der Waals surface area contributed by atoms with Gasteiger partial charge in [0.25, 0.3) is 11.1 Å². The lowest BCUT2D eigenvalue weighted by atomic mass is 9.91. The number of fused-ring (bicyclic) bond motifs is 1. The van der Waals surface area contributed by atoms with Crippen molar-refractivity contribution in [3.63, 3.8) is 0 Å². The number of amides is 1. The van der Waals surface area contributed by atoms with Gasteiger partial charge in [-0.25, -0.2) is 4.98 Å². The maximum Gasteiger partial charge on any atom is 0.257 e. The summed E-state index contributed by atoms with van der Waals surface area (Å²) in [6.07, 6.45) is 1.19. The molecule has 140 valence electrons. The summed E-state index contributed by atoms with van der Waals surface area (Å²) in [6.45, 7) is 6.14. The highest BCUT2D eigenvalue weighted by Crippen LogP contribution is 2.29. The maximum atomic E-state index is 13.1. The van der Waals surface area contributed by atoms with Crippen LogP contribution in [0.3, 0.4) is 0 Å². The number of carbonyl (C=O) groups is 1. The smallest absolute Gasteiger partial charge is 0.257 e. The molecule has 0 saturated carbocycles. The summed E-state index contributed by atoms with van der Waals surface area (Å²) in [5.41, 5.74) is 3.48. The van der Waals surface area contributed by atoms with E-state index in [1.165, 1.54) is 18.2 Å². The molecule has 0 aliphatic carbocycles. The Morgan fingerprint density at radius 3 is 2.59 bits per heavy atom. The first-order chi connectivity index (χ1) is 13.1. The highest BCUT2D eigenvalue weighted by atomic mass is 32.2. The zero-order valence-electron chi connectivity index (χ0n) is 15.7. The van der Waals surface area contributed by atoms with Gasteiger partial charge in [-0.1, -0.05) is 55.9 Å². The molecule has 1 aliphatic rings. The molecular weight excluding hydrogens is 356 g/mol. The molecule has 1 saturated heterocycles. The van der Waals surface area contributed by atoms with E-state index >= 15 is 0 Å². The first-order valence-corrected chi connectivity index (χ1v) is 10.4. The minimum Gasteiger partial charge on any atom is -0.431 e. The third-order valence-electron chi connectivity index (χ3n) is 5.03. The molecule has 1 aliphatic heterocycles. The third-order valence-corrected chi connectivity index (χ3v) is 5.91. The van der Waals surface area contributed by atoms with E-state index in [-0.39, 0.29) is 5.91 Å². The quantitative estimate of drug-likeness (QED) is 0.581. The van der Waals surface area contributed by atoms with Crippen LogP contribution in [0.1, 0.15) is 36.2 Å². The average Bonchev–Trinajstić information content (AvgIpc) is 3.08. The van der Waals surface area contributed by atoms with Gasteiger partial charge < -0.3 is 9.32 Å². The topological polar surface area (TPSA) is 46.3 Å². The Morgan fingerprint density at radius 2 is 1.81 bits per heavy atom. The van der Waals surface area contributed by atoms with E-state index in [1.807, 2.05) is 53.4 Å². The predicted octanol–water partition coefficient (Wildman–Crippen LogP) is 5.24. The molecule has 3 aromatic rings. The van der Waals surface area contributed by atoms with Crippen molar-refractivity contribution >= 4 is 28.8 Å². The number of likely N-dealkylation sites (tertiary alicyclic amines) is 1. The van der Waals surface area contributed by atoms with Gasteiger partial charge in [0.15, 0.2) is 5.58 Å². The maximum absolute atomic E-state index is 13.1. The van der Waals surface area contributed by atoms with Gasteiger partial charge in [0.1, 0.15) is 5.52 Å². The molecule has 1 aromatic heterocycles. The third kappa shape index (κ3) is 4.03. The fourth-order valence-corrected chi connectivity index (χ4v) is 4.75. The molecule has 0 bridgehead atoms. The van der Waals surface area contributed by atoms with Gasteiger partial charge in [0.05, 0.1) is 0 Å². The van der Waals surface area contributed by atoms with Gasteiger partial charge in [0.2, 0.25) is 0 Å². The Balaban J connectivity index is 1.51. The van der Waals surface area contributed by atoms with Gasteiger partial charge in [-0.15, -0.1) is 0 Å². The van der Waals surface area contributed by atoms with Gasteiger partial charge >= 0.3 is 0 Å². The first-order valence-electron chi connectivity index (χ1n) is 9.45. The Hall–Kier alpha value is -2.27. The van der Waals surface area contributed by atoms with Crippen LogP contribution in [0.4, 0.5) is 0 Å². The lowest BCUT2D eigenvalue weighted by Crippen LogP contribution is -2.42. The number of oxazole rings is 1. The number of carbonyl (C=O) groups excluding carboxylic acids is 1. The first kappa shape index (κ1) is 18.1. The summed E-state index contributed by atoms with van der Waals surface area (Å²) < 4.78 is 5.79. The summed E-state index contributed by atoms with van der Waals surface area (Å²) >= 11 is 1.53. The average molecular weight is 381 g/mol. The van der Waals surface area contributed by atoms with Crippen LogP contribution in [0.5, 0.6) is 0 Å². The monoisotopic (exact) mass is 380 g/mol. The number of benzene rings is 2. The molecule has 2 unspecified atom stereocenters. The minimum atomic E-state index is 0.141. The predicted molar refractivity (Wildman–Crippen MR) is 109 cm³/mol. The summed E-state index contributed by atoms with van der Waals surface area (Å²) in [4.78, 5) is 19.7. The van der Waals surface area contributed by atoms with E-state index in [1.54, 1.807) is 0 Å². The molecule has 4 rings (SSSR count). The summed E-state index contributed by atoms with van der Waals surface area (Å²) in [6, 6.07) is 15.7. The molecule has 27 heavy (non-hydrogen) atoms. The van der Waals surface area contributed by atoms with Crippen LogP contribution in [-0.2, 0) is 5.75 Å². The molecule has 4 nitrogen and oxygen atoms in total. The number of para-hydroxylation sites is 2. The standard InChI is InChI=1S/C22H24N2O2S/c1-15-11-16(2)13-24(12-15)21(25)18-8-4-3-7-17(18)14-27-22-23-19-9-5-6-10-20(19)26-22/h3-10,15-16H,11-14H2,1-2H3. The van der Waals surface area contributed by atoms with Crippen molar-refractivity contribution in [2.75, 3.05) is 13.1 Å². The van der Waals surface area contributed by atoms with Crippen molar-refractivity contribution in [3.05, 3.63) is 59.7 Å². The number of hydrogen-bond acceptors (Lipinski definition) is 4. The van der Waals surface area contributed by atoms with E-state index in [0.717, 1.165) is 35.3 Å². The summed E-state index contributed by atoms with van der Waals surface area (Å²) in [5.74, 6) is 1.91. The van der Waals surface area contributed by atoms with Crippen molar-refractivity contribution in [3.8, 4) is 0 Å². The molecule has 2 atom stereocenters. The fraction of sp³-hybridized carbons (Fsp3) is 0.364. The van der Waals surface area contributed by atoms with Crippen LogP contribution >= 0.6 is 11.8 Å². The van der Waals surface area contributed by atoms with Crippen LogP contribution < -0.4 is 0 Å². The summed E-state index contributed by atoms with van der Waals surface area (Å²) in [5, 5.41) is 0.638. The van der Waals surface area contributed by atoms with Crippen LogP contribution in [0.25, 0.3) is 11.1 Å². The van der Waals surface area contributed by atoms with Gasteiger partial charge in [-0.05, 0) is 42.0 Å². The number of rotatable bonds is 4. The van der Waals surface area contributed by atoms with Gasteiger partial charge in [-0.3, -0.25) is 4.79 Å². The number of piperidine rings is 1. The molecule has 2 heterocycles. The van der Waals surface area contributed by atoms with E-state index in [2.05, 4.69) is 18.8 Å². The second-order valence-corrected chi connectivity index (χ2v) is 8.48. The van der Waals surface area contributed by atoms with Gasteiger partial charge in [0, 0.05) is 24.4 Å². The van der Waals surface area contributed by atoms with E-state index in [0.29, 0.717) is 22.8 Å². The molecule has 0 N–H and O–H groups in total. The summed E-state index contributed by atoms with van der Waals surface area (Å²) in [7, 11) is 0. The van der Waals surface area contributed by atoms with Crippen molar-refractivity contribution in [1.29, 1.82) is 0 Å². The number of nitrogens with zero attached hydrogens (tertiary/aromatic N) is 2. The Morgan fingerprint density at radius 1 is 1.11 bits per heavy atom. The van der Waals surface area contributed by atoms with Gasteiger partial charge in [-0.2, -0.15) is 0 Å². The Bertz CT molecular complexity index is 909. The Labute approximate surface area is 164 Å². The normalized spacial score (nSPS) is 20.1. The fourth-order valence-electron chi connectivity index (χ4n) is 3.91. The molecule has 0 spiro atoms. The number of thioether (sulfide) groups is 1. The number of aromatic nitrogens is 1. The highest BCUT2D eigenvalue weighted by Gasteiger charge is 2.27. The van der Waals surface area contributed by atoms with Crippen LogP contribution in [0, 0.1) is 11.8 Å². The molecular formula is C22H24N2O2S. The molecule has 2 aromatic carbocycles. The molecule has 1 fully saturated rings. The molecule has 5 heteroatoms. The van der Waals surface area contributed by atoms with E-state index in [4.69, 9.17) is 4.42 Å². The zero-order chi connectivity index (χ0) is 18.8. The zero-order valence-corrected chi connectivity index (χ0v) is 16.5. The second-order valence-electron chi connectivity index (χ2n) is 7.55. The van der Waals surface area contributed by atoms with Crippen LogP contribution in [0.15, 0.2) is 58.2 Å². The lowest BCUT2D eigenvalue weighted by molar-refractivity contribution is 0.0622. The minimum absolute atomic E-state index is 0.141. The SMILES string of the molecule is CC1CC(C)CN(C(=O)c2ccccc2CSc2nc3ccccc3o2)C1. The van der Waals surface area contributed by atoms with Crippen molar-refractivity contribution in [2.24, 2.45) is 11.8 Å². The van der Waals surface area contributed by atoms with Crippen LogP contribution in [0.2, 0.25) is 0 Å². The molecule has 0 radical (unpaired) electrons. The Kier molecular flexibility index (Phi) is 5.21. The van der Waals surface area contributed by atoms with Crippen molar-refractivity contribution < 1.29 is 9.21 Å². The second kappa shape index (κ2) is 7.77. The highest BCUT2D eigenvalue weighted by molar-refractivity contribution is 7.98. The largest absolute Gasteiger partial charge is 0.431 e. The lowest BCUT2D eigenvalue weighted by Gasteiger charge is -2.35. The number of hydrogen-bond donors (Lipinski definition) is 0. The van der Waals surface area contributed by atoms with E-state index in [9.17, 15) is 4.79 Å². The van der Waals surface area contributed by atoms with Crippen LogP contribution in [-0.4, -0.2) is 28.9 Å². The van der Waals surface area contributed by atoms with Crippen molar-refractivity contribution in [1.82, 2.24) is 9.88 Å². The van der Waals surface area contributed by atoms with Crippen molar-refractivity contribution in [2.45, 2.75) is 31.2 Å².